The van der Waals surface area contributed by atoms with E-state index in [-0.39, 0.29) is 5.91 Å². The van der Waals surface area contributed by atoms with Crippen molar-refractivity contribution in [1.82, 2.24) is 25.2 Å². The molecular formula is C15H27N5O. The largest absolute Gasteiger partial charge is 0.337 e. The molecule has 1 aliphatic rings. The van der Waals surface area contributed by atoms with Gasteiger partial charge >= 0.3 is 0 Å². The van der Waals surface area contributed by atoms with E-state index in [0.29, 0.717) is 11.7 Å². The lowest BCUT2D eigenvalue weighted by molar-refractivity contribution is 0.0748. The molecule has 1 aromatic heterocycles. The van der Waals surface area contributed by atoms with Crippen LogP contribution in [0.1, 0.15) is 61.8 Å². The Bertz CT molecular complexity index is 459. The molecule has 0 bridgehead atoms. The van der Waals surface area contributed by atoms with Crippen molar-refractivity contribution in [2.75, 3.05) is 26.2 Å². The minimum Gasteiger partial charge on any atom is -0.337 e. The van der Waals surface area contributed by atoms with Crippen LogP contribution >= 0.6 is 0 Å². The second-order valence-electron chi connectivity index (χ2n) is 5.74. The number of aromatic nitrogens is 3. The molecule has 6 nitrogen and oxygen atoms in total. The van der Waals surface area contributed by atoms with E-state index < -0.39 is 0 Å². The highest BCUT2D eigenvalue weighted by Crippen LogP contribution is 2.21. The van der Waals surface area contributed by atoms with Crippen LogP contribution in [0, 0.1) is 6.92 Å². The highest BCUT2D eigenvalue weighted by molar-refractivity contribution is 5.93. The van der Waals surface area contributed by atoms with Crippen LogP contribution in [0.25, 0.3) is 0 Å². The average Bonchev–Trinajstić information content (AvgIpc) is 2.89. The predicted octanol–water partition coefficient (Wildman–Crippen LogP) is 1.77. The third-order valence-electron chi connectivity index (χ3n) is 4.06. The van der Waals surface area contributed by atoms with Crippen molar-refractivity contribution in [2.45, 2.75) is 52.5 Å². The number of hydrogen-bond acceptors (Lipinski definition) is 4. The SMILES string of the molecule is CCCN(CCC)C(=O)c1nnn(C2CCNCC2)c1C. The van der Waals surface area contributed by atoms with E-state index in [9.17, 15) is 4.79 Å². The smallest absolute Gasteiger partial charge is 0.276 e. The second-order valence-corrected chi connectivity index (χ2v) is 5.74. The minimum absolute atomic E-state index is 0.0244. The molecule has 1 saturated heterocycles. The number of piperidine rings is 1. The van der Waals surface area contributed by atoms with Gasteiger partial charge in [0.2, 0.25) is 0 Å². The van der Waals surface area contributed by atoms with Crippen LogP contribution in [0.4, 0.5) is 0 Å². The molecule has 21 heavy (non-hydrogen) atoms. The van der Waals surface area contributed by atoms with Crippen LogP contribution in [0.3, 0.4) is 0 Å². The summed E-state index contributed by atoms with van der Waals surface area (Å²) in [6.07, 6.45) is 4.03. The van der Waals surface area contributed by atoms with Crippen molar-refractivity contribution in [3.8, 4) is 0 Å². The molecule has 0 aliphatic carbocycles. The molecule has 1 aromatic rings. The molecule has 1 fully saturated rings. The first-order valence-electron chi connectivity index (χ1n) is 8.10. The predicted molar refractivity (Wildman–Crippen MR) is 82.4 cm³/mol. The summed E-state index contributed by atoms with van der Waals surface area (Å²) < 4.78 is 1.95. The number of amides is 1. The van der Waals surface area contributed by atoms with Gasteiger partial charge in [-0.15, -0.1) is 5.10 Å². The summed E-state index contributed by atoms with van der Waals surface area (Å²) in [6.45, 7) is 9.73. The summed E-state index contributed by atoms with van der Waals surface area (Å²) in [5.41, 5.74) is 1.43. The summed E-state index contributed by atoms with van der Waals surface area (Å²) >= 11 is 0. The lowest BCUT2D eigenvalue weighted by atomic mass is 10.1. The molecule has 0 spiro atoms. The molecular weight excluding hydrogens is 266 g/mol. The standard InChI is InChI=1S/C15H27N5O/c1-4-10-19(11-5-2)15(21)14-12(3)20(18-17-14)13-6-8-16-9-7-13/h13,16H,4-11H2,1-3H3. The van der Waals surface area contributed by atoms with Crippen molar-refractivity contribution in [1.29, 1.82) is 0 Å². The molecule has 0 saturated carbocycles. The van der Waals surface area contributed by atoms with E-state index >= 15 is 0 Å². The first-order chi connectivity index (χ1) is 10.2. The number of carbonyl (C=O) groups excluding carboxylic acids is 1. The molecule has 2 rings (SSSR count). The van der Waals surface area contributed by atoms with Gasteiger partial charge in [0.15, 0.2) is 5.69 Å². The van der Waals surface area contributed by atoms with Gasteiger partial charge in [-0.05, 0) is 45.7 Å². The highest BCUT2D eigenvalue weighted by atomic mass is 16.2. The van der Waals surface area contributed by atoms with Crippen molar-refractivity contribution >= 4 is 5.91 Å². The van der Waals surface area contributed by atoms with Crippen molar-refractivity contribution in [3.05, 3.63) is 11.4 Å². The second kappa shape index (κ2) is 7.54. The zero-order chi connectivity index (χ0) is 15.2. The molecule has 1 aliphatic heterocycles. The van der Waals surface area contributed by atoms with Crippen molar-refractivity contribution in [2.24, 2.45) is 0 Å². The van der Waals surface area contributed by atoms with Gasteiger partial charge in [0.25, 0.3) is 5.91 Å². The summed E-state index contributed by atoms with van der Waals surface area (Å²) in [4.78, 5) is 14.5. The molecule has 6 heteroatoms. The number of hydrogen-bond donors (Lipinski definition) is 1. The van der Waals surface area contributed by atoms with E-state index in [1.54, 1.807) is 0 Å². The Labute approximate surface area is 126 Å². The van der Waals surface area contributed by atoms with E-state index in [1.807, 2.05) is 16.5 Å². The van der Waals surface area contributed by atoms with Crippen LogP contribution in [-0.4, -0.2) is 52.0 Å². The van der Waals surface area contributed by atoms with Crippen LogP contribution in [0.5, 0.6) is 0 Å². The van der Waals surface area contributed by atoms with Gasteiger partial charge in [-0.3, -0.25) is 4.79 Å². The van der Waals surface area contributed by atoms with Gasteiger partial charge in [0.1, 0.15) is 0 Å². The maximum atomic E-state index is 12.6. The summed E-state index contributed by atoms with van der Waals surface area (Å²) in [5.74, 6) is 0.0244. The zero-order valence-electron chi connectivity index (χ0n) is 13.4. The van der Waals surface area contributed by atoms with Gasteiger partial charge in [0, 0.05) is 13.1 Å². The summed E-state index contributed by atoms with van der Waals surface area (Å²) in [6, 6.07) is 0.367. The molecule has 0 unspecified atom stereocenters. The van der Waals surface area contributed by atoms with E-state index in [2.05, 4.69) is 29.5 Å². The number of nitrogens with zero attached hydrogens (tertiary/aromatic N) is 4. The number of carbonyl (C=O) groups is 1. The molecule has 0 aromatic carbocycles. The molecule has 2 heterocycles. The quantitative estimate of drug-likeness (QED) is 0.868. The maximum Gasteiger partial charge on any atom is 0.276 e. The van der Waals surface area contributed by atoms with E-state index in [1.165, 1.54) is 0 Å². The normalized spacial score (nSPS) is 16.1. The Morgan fingerprint density at radius 1 is 1.29 bits per heavy atom. The Hall–Kier alpha value is -1.43. The highest BCUT2D eigenvalue weighted by Gasteiger charge is 2.25. The fourth-order valence-electron chi connectivity index (χ4n) is 2.94. The van der Waals surface area contributed by atoms with Gasteiger partial charge in [-0.25, -0.2) is 4.68 Å². The fraction of sp³-hybridized carbons (Fsp3) is 0.800. The number of rotatable bonds is 6. The maximum absolute atomic E-state index is 12.6. The van der Waals surface area contributed by atoms with E-state index in [4.69, 9.17) is 0 Å². The zero-order valence-corrected chi connectivity index (χ0v) is 13.4. The lowest BCUT2D eigenvalue weighted by Gasteiger charge is -2.24. The Balaban J connectivity index is 2.15. The number of nitrogens with one attached hydrogen (secondary N) is 1. The van der Waals surface area contributed by atoms with Crippen LogP contribution in [0.2, 0.25) is 0 Å². The molecule has 1 N–H and O–H groups in total. The van der Waals surface area contributed by atoms with Crippen LogP contribution in [0.15, 0.2) is 0 Å². The van der Waals surface area contributed by atoms with Gasteiger partial charge in [-0.2, -0.15) is 0 Å². The minimum atomic E-state index is 0.0244. The van der Waals surface area contributed by atoms with E-state index in [0.717, 1.165) is 57.6 Å². The summed E-state index contributed by atoms with van der Waals surface area (Å²) in [7, 11) is 0. The van der Waals surface area contributed by atoms with Crippen LogP contribution < -0.4 is 5.32 Å². The Morgan fingerprint density at radius 2 is 1.90 bits per heavy atom. The summed E-state index contributed by atoms with van der Waals surface area (Å²) in [5, 5.41) is 11.8. The van der Waals surface area contributed by atoms with Crippen molar-refractivity contribution < 1.29 is 4.79 Å². The average molecular weight is 293 g/mol. The monoisotopic (exact) mass is 293 g/mol. The molecule has 1 amide bonds. The third kappa shape index (κ3) is 3.61. The fourth-order valence-corrected chi connectivity index (χ4v) is 2.94. The first kappa shape index (κ1) is 15.9. The molecule has 0 radical (unpaired) electrons. The van der Waals surface area contributed by atoms with Gasteiger partial charge < -0.3 is 10.2 Å². The van der Waals surface area contributed by atoms with Crippen molar-refractivity contribution in [3.63, 3.8) is 0 Å². The first-order valence-corrected chi connectivity index (χ1v) is 8.10. The Morgan fingerprint density at radius 3 is 2.48 bits per heavy atom. The van der Waals surface area contributed by atoms with Gasteiger partial charge in [-0.1, -0.05) is 19.1 Å². The van der Waals surface area contributed by atoms with Gasteiger partial charge in [0.05, 0.1) is 11.7 Å². The van der Waals surface area contributed by atoms with Crippen LogP contribution in [-0.2, 0) is 0 Å². The third-order valence-corrected chi connectivity index (χ3v) is 4.06. The molecule has 0 atom stereocenters. The Kier molecular flexibility index (Phi) is 5.73. The topological polar surface area (TPSA) is 63.1 Å². The lowest BCUT2D eigenvalue weighted by Crippen LogP contribution is -2.33. The molecule has 118 valence electrons.